The van der Waals surface area contributed by atoms with Gasteiger partial charge < -0.3 is 15.4 Å². The minimum absolute atomic E-state index is 0.0856. The van der Waals surface area contributed by atoms with Gasteiger partial charge in [0, 0.05) is 11.6 Å². The molecule has 0 saturated carbocycles. The molecule has 0 unspecified atom stereocenters. The number of carbonyl (C=O) groups is 1. The van der Waals surface area contributed by atoms with Gasteiger partial charge in [-0.15, -0.1) is 0 Å². The van der Waals surface area contributed by atoms with Crippen LogP contribution >= 0.6 is 11.6 Å². The summed E-state index contributed by atoms with van der Waals surface area (Å²) in [6.07, 6.45) is 2.80. The van der Waals surface area contributed by atoms with Gasteiger partial charge in [-0.1, -0.05) is 25.4 Å². The molecule has 24 heavy (non-hydrogen) atoms. The summed E-state index contributed by atoms with van der Waals surface area (Å²) in [7, 11) is 0. The third kappa shape index (κ3) is 6.46. The molecule has 2 N–H and O–H groups in total. The number of carbonyl (C=O) groups excluding carboxylic acids is 1. The van der Waals surface area contributed by atoms with E-state index in [0.29, 0.717) is 22.5 Å². The molecule has 1 aromatic heterocycles. The standard InChI is InChI=1S/C18H22ClN3O2/c1-13(2)9-10-20-15-5-8-17(21-11-15)22-18(23)12-24-16-6-3-14(19)4-7-16/h3-8,11,13,20H,9-10,12H2,1-2H3,(H,21,22,23). The second kappa shape index (κ2) is 9.13. The minimum atomic E-state index is -0.266. The highest BCUT2D eigenvalue weighted by molar-refractivity contribution is 6.30. The molecule has 0 fully saturated rings. The Hall–Kier alpha value is -2.27. The molecule has 2 rings (SSSR count). The molecule has 6 heteroatoms. The SMILES string of the molecule is CC(C)CCNc1ccc(NC(=O)COc2ccc(Cl)cc2)nc1. The molecular weight excluding hydrogens is 326 g/mol. The van der Waals surface area contributed by atoms with Crippen molar-refractivity contribution in [3.05, 3.63) is 47.6 Å². The van der Waals surface area contributed by atoms with Gasteiger partial charge in [-0.2, -0.15) is 0 Å². The van der Waals surface area contributed by atoms with Crippen LogP contribution in [0.2, 0.25) is 5.02 Å². The molecule has 0 aliphatic heterocycles. The van der Waals surface area contributed by atoms with Crippen LogP contribution in [-0.2, 0) is 4.79 Å². The third-order valence-electron chi connectivity index (χ3n) is 3.27. The number of amides is 1. The largest absolute Gasteiger partial charge is 0.484 e. The van der Waals surface area contributed by atoms with Crippen molar-refractivity contribution in [1.82, 2.24) is 4.98 Å². The van der Waals surface area contributed by atoms with Crippen molar-refractivity contribution in [2.75, 3.05) is 23.8 Å². The van der Waals surface area contributed by atoms with Crippen LogP contribution in [0.4, 0.5) is 11.5 Å². The third-order valence-corrected chi connectivity index (χ3v) is 3.52. The zero-order valence-corrected chi connectivity index (χ0v) is 14.6. The van der Waals surface area contributed by atoms with Crippen LogP contribution in [0.3, 0.4) is 0 Å². The van der Waals surface area contributed by atoms with Crippen molar-refractivity contribution in [3.63, 3.8) is 0 Å². The molecule has 1 aromatic carbocycles. The summed E-state index contributed by atoms with van der Waals surface area (Å²) in [4.78, 5) is 16.1. The number of ether oxygens (including phenoxy) is 1. The molecule has 2 aromatic rings. The first-order chi connectivity index (χ1) is 11.5. The monoisotopic (exact) mass is 347 g/mol. The molecule has 0 aliphatic carbocycles. The van der Waals surface area contributed by atoms with E-state index in [-0.39, 0.29) is 12.5 Å². The maximum Gasteiger partial charge on any atom is 0.263 e. The van der Waals surface area contributed by atoms with E-state index in [9.17, 15) is 4.79 Å². The summed E-state index contributed by atoms with van der Waals surface area (Å²) < 4.78 is 5.38. The van der Waals surface area contributed by atoms with E-state index in [0.717, 1.165) is 18.7 Å². The first-order valence-electron chi connectivity index (χ1n) is 7.91. The number of nitrogens with zero attached hydrogens (tertiary/aromatic N) is 1. The Morgan fingerprint density at radius 2 is 1.96 bits per heavy atom. The fourth-order valence-electron chi connectivity index (χ4n) is 1.94. The van der Waals surface area contributed by atoms with Crippen LogP contribution in [0.25, 0.3) is 0 Å². The molecule has 0 aliphatic rings. The smallest absolute Gasteiger partial charge is 0.263 e. The van der Waals surface area contributed by atoms with Crippen LogP contribution in [0.5, 0.6) is 5.75 Å². The van der Waals surface area contributed by atoms with Crippen LogP contribution < -0.4 is 15.4 Å². The lowest BCUT2D eigenvalue weighted by molar-refractivity contribution is -0.118. The highest BCUT2D eigenvalue weighted by Crippen LogP contribution is 2.15. The Bertz CT molecular complexity index is 642. The van der Waals surface area contributed by atoms with Gasteiger partial charge in [-0.25, -0.2) is 4.98 Å². The lowest BCUT2D eigenvalue weighted by Gasteiger charge is -2.09. The topological polar surface area (TPSA) is 63.2 Å². The number of rotatable bonds is 8. The van der Waals surface area contributed by atoms with Gasteiger partial charge in [0.2, 0.25) is 0 Å². The van der Waals surface area contributed by atoms with Crippen LogP contribution in [0, 0.1) is 5.92 Å². The summed E-state index contributed by atoms with van der Waals surface area (Å²) in [5, 5.41) is 6.62. The maximum absolute atomic E-state index is 11.9. The molecule has 1 amide bonds. The summed E-state index contributed by atoms with van der Waals surface area (Å²) >= 11 is 5.79. The van der Waals surface area contributed by atoms with Crippen LogP contribution in [-0.4, -0.2) is 24.0 Å². The van der Waals surface area contributed by atoms with E-state index in [2.05, 4.69) is 29.5 Å². The summed E-state index contributed by atoms with van der Waals surface area (Å²) in [6.45, 7) is 5.19. The van der Waals surface area contributed by atoms with E-state index in [1.807, 2.05) is 6.07 Å². The van der Waals surface area contributed by atoms with E-state index < -0.39 is 0 Å². The Kier molecular flexibility index (Phi) is 6.88. The molecule has 5 nitrogen and oxygen atoms in total. The Balaban J connectivity index is 1.76. The number of hydrogen-bond donors (Lipinski definition) is 2. The molecule has 0 atom stereocenters. The fourth-order valence-corrected chi connectivity index (χ4v) is 2.06. The fraction of sp³-hybridized carbons (Fsp3) is 0.333. The highest BCUT2D eigenvalue weighted by atomic mass is 35.5. The highest BCUT2D eigenvalue weighted by Gasteiger charge is 2.05. The van der Waals surface area contributed by atoms with Gasteiger partial charge in [0.1, 0.15) is 11.6 Å². The van der Waals surface area contributed by atoms with Gasteiger partial charge in [-0.05, 0) is 48.7 Å². The molecule has 1 heterocycles. The van der Waals surface area contributed by atoms with Crippen LogP contribution in [0.15, 0.2) is 42.6 Å². The van der Waals surface area contributed by atoms with Crippen molar-refractivity contribution in [3.8, 4) is 5.75 Å². The Morgan fingerprint density at radius 1 is 1.21 bits per heavy atom. The predicted octanol–water partition coefficient (Wildman–Crippen LogP) is 4.21. The molecule has 0 saturated heterocycles. The zero-order valence-electron chi connectivity index (χ0n) is 13.9. The number of benzene rings is 1. The minimum Gasteiger partial charge on any atom is -0.484 e. The second-order valence-electron chi connectivity index (χ2n) is 5.83. The van der Waals surface area contributed by atoms with Gasteiger partial charge in [0.05, 0.1) is 11.9 Å². The average Bonchev–Trinajstić information content (AvgIpc) is 2.56. The Labute approximate surface area is 147 Å². The number of anilines is 2. The van der Waals surface area contributed by atoms with Crippen molar-refractivity contribution < 1.29 is 9.53 Å². The second-order valence-corrected chi connectivity index (χ2v) is 6.27. The van der Waals surface area contributed by atoms with Crippen molar-refractivity contribution in [2.45, 2.75) is 20.3 Å². The number of hydrogen-bond acceptors (Lipinski definition) is 4. The lowest BCUT2D eigenvalue weighted by atomic mass is 10.1. The van der Waals surface area contributed by atoms with E-state index in [4.69, 9.17) is 16.3 Å². The van der Waals surface area contributed by atoms with E-state index in [1.165, 1.54) is 0 Å². The van der Waals surface area contributed by atoms with Crippen molar-refractivity contribution >= 4 is 29.0 Å². The summed E-state index contributed by atoms with van der Waals surface area (Å²) in [5.74, 6) is 1.48. The van der Waals surface area contributed by atoms with Crippen molar-refractivity contribution in [1.29, 1.82) is 0 Å². The predicted molar refractivity (Wildman–Crippen MR) is 97.8 cm³/mol. The zero-order chi connectivity index (χ0) is 17.4. The molecule has 128 valence electrons. The summed E-state index contributed by atoms with van der Waals surface area (Å²) in [6, 6.07) is 10.5. The summed E-state index contributed by atoms with van der Waals surface area (Å²) in [5.41, 5.74) is 0.936. The molecular formula is C18H22ClN3O2. The number of pyridine rings is 1. The van der Waals surface area contributed by atoms with Gasteiger partial charge >= 0.3 is 0 Å². The van der Waals surface area contributed by atoms with E-state index >= 15 is 0 Å². The quantitative estimate of drug-likeness (QED) is 0.750. The Morgan fingerprint density at radius 3 is 2.58 bits per heavy atom. The van der Waals surface area contributed by atoms with Gasteiger partial charge in [0.25, 0.3) is 5.91 Å². The van der Waals surface area contributed by atoms with Crippen molar-refractivity contribution in [2.24, 2.45) is 5.92 Å². The van der Waals surface area contributed by atoms with Crippen LogP contribution in [0.1, 0.15) is 20.3 Å². The average molecular weight is 348 g/mol. The molecule has 0 radical (unpaired) electrons. The first-order valence-corrected chi connectivity index (χ1v) is 8.29. The molecule has 0 bridgehead atoms. The number of nitrogens with one attached hydrogen (secondary N) is 2. The number of aromatic nitrogens is 1. The van der Waals surface area contributed by atoms with Gasteiger partial charge in [-0.3, -0.25) is 4.79 Å². The maximum atomic E-state index is 11.9. The first kappa shape index (κ1) is 18.1. The normalized spacial score (nSPS) is 10.5. The molecule has 0 spiro atoms. The number of halogens is 1. The van der Waals surface area contributed by atoms with E-state index in [1.54, 1.807) is 36.5 Å². The van der Waals surface area contributed by atoms with Gasteiger partial charge in [0.15, 0.2) is 6.61 Å². The lowest BCUT2D eigenvalue weighted by Crippen LogP contribution is -2.20.